The van der Waals surface area contributed by atoms with E-state index in [4.69, 9.17) is 6.57 Å². The number of anilines is 1. The molecule has 1 amide bonds. The van der Waals surface area contributed by atoms with Crippen molar-refractivity contribution < 1.29 is 14.3 Å². The molecule has 0 saturated heterocycles. The summed E-state index contributed by atoms with van der Waals surface area (Å²) in [7, 11) is 1.17. The third kappa shape index (κ3) is 1.66. The number of para-hydroxylation sites is 1. The van der Waals surface area contributed by atoms with Crippen molar-refractivity contribution in [3.05, 3.63) is 46.9 Å². The van der Waals surface area contributed by atoms with E-state index in [1.165, 1.54) is 7.11 Å². The zero-order chi connectivity index (χ0) is 12.4. The first-order valence-corrected chi connectivity index (χ1v) is 4.80. The summed E-state index contributed by atoms with van der Waals surface area (Å²) >= 11 is 0. The number of fused-ring (bicyclic) bond motifs is 1. The summed E-state index contributed by atoms with van der Waals surface area (Å²) in [5.41, 5.74) is 0.920. The van der Waals surface area contributed by atoms with Crippen LogP contribution in [0.2, 0.25) is 0 Å². The molecule has 84 valence electrons. The van der Waals surface area contributed by atoms with Crippen LogP contribution in [-0.2, 0) is 14.3 Å². The maximum absolute atomic E-state index is 11.7. The summed E-state index contributed by atoms with van der Waals surface area (Å²) in [6.45, 7) is 6.98. The van der Waals surface area contributed by atoms with E-state index in [0.717, 1.165) is 0 Å². The Labute approximate surface area is 97.5 Å². The van der Waals surface area contributed by atoms with E-state index in [1.54, 1.807) is 24.3 Å². The van der Waals surface area contributed by atoms with Crippen LogP contribution in [0.25, 0.3) is 10.4 Å². The van der Waals surface area contributed by atoms with E-state index in [2.05, 4.69) is 14.9 Å². The fourth-order valence-corrected chi connectivity index (χ4v) is 1.65. The van der Waals surface area contributed by atoms with E-state index in [9.17, 15) is 9.59 Å². The van der Waals surface area contributed by atoms with Gasteiger partial charge in [-0.15, -0.1) is 0 Å². The van der Waals surface area contributed by atoms with Crippen LogP contribution >= 0.6 is 0 Å². The number of rotatable bonds is 1. The third-order valence-corrected chi connectivity index (χ3v) is 2.40. The molecule has 5 nitrogen and oxygen atoms in total. The molecule has 0 aliphatic carbocycles. The van der Waals surface area contributed by atoms with Gasteiger partial charge in [-0.25, -0.2) is 4.85 Å². The number of carbonyl (C=O) groups excluding carboxylic acids is 2. The Morgan fingerprint density at radius 1 is 1.41 bits per heavy atom. The van der Waals surface area contributed by atoms with Crippen molar-refractivity contribution in [3.8, 4) is 0 Å². The van der Waals surface area contributed by atoms with Crippen LogP contribution in [0.5, 0.6) is 0 Å². The smallest absolute Gasteiger partial charge is 0.336 e. The van der Waals surface area contributed by atoms with Crippen molar-refractivity contribution in [2.45, 2.75) is 0 Å². The molecule has 0 atom stereocenters. The van der Waals surface area contributed by atoms with Crippen LogP contribution in [0.15, 0.2) is 30.0 Å². The van der Waals surface area contributed by atoms with E-state index < -0.39 is 11.9 Å². The maximum atomic E-state index is 11.7. The van der Waals surface area contributed by atoms with E-state index in [-0.39, 0.29) is 11.3 Å². The Morgan fingerprint density at radius 3 is 2.76 bits per heavy atom. The monoisotopic (exact) mass is 228 g/mol. The average molecular weight is 228 g/mol. The molecule has 1 aromatic carbocycles. The second-order valence-corrected chi connectivity index (χ2v) is 3.33. The van der Waals surface area contributed by atoms with Crippen LogP contribution in [0, 0.1) is 6.57 Å². The molecule has 1 heterocycles. The van der Waals surface area contributed by atoms with Crippen molar-refractivity contribution in [2.24, 2.45) is 0 Å². The first-order chi connectivity index (χ1) is 8.19. The highest BCUT2D eigenvalue weighted by atomic mass is 16.5. The lowest BCUT2D eigenvalue weighted by Gasteiger charge is -2.01. The van der Waals surface area contributed by atoms with Crippen LogP contribution < -0.4 is 5.32 Å². The van der Waals surface area contributed by atoms with E-state index in [1.807, 2.05) is 0 Å². The highest BCUT2D eigenvalue weighted by molar-refractivity contribution is 6.35. The molecule has 0 spiro atoms. The molecule has 0 bridgehead atoms. The van der Waals surface area contributed by atoms with Gasteiger partial charge < -0.3 is 10.1 Å². The molecule has 0 radical (unpaired) electrons. The third-order valence-electron chi connectivity index (χ3n) is 2.40. The average Bonchev–Trinajstić information content (AvgIpc) is 2.67. The van der Waals surface area contributed by atoms with Gasteiger partial charge in [0, 0.05) is 11.3 Å². The molecule has 2 rings (SSSR count). The minimum atomic E-state index is -0.804. The van der Waals surface area contributed by atoms with Crippen molar-refractivity contribution in [1.82, 2.24) is 0 Å². The summed E-state index contributed by atoms with van der Waals surface area (Å²) < 4.78 is 4.49. The quantitative estimate of drug-likeness (QED) is 0.449. The Morgan fingerprint density at radius 2 is 2.12 bits per heavy atom. The molecular weight excluding hydrogens is 220 g/mol. The van der Waals surface area contributed by atoms with Gasteiger partial charge in [-0.05, 0) is 6.07 Å². The zero-order valence-electron chi connectivity index (χ0n) is 8.98. The minimum absolute atomic E-state index is 0.0717. The molecule has 1 aliphatic heterocycles. The number of amides is 1. The van der Waals surface area contributed by atoms with Crippen molar-refractivity contribution >= 4 is 23.1 Å². The van der Waals surface area contributed by atoms with Crippen LogP contribution in [0.1, 0.15) is 5.56 Å². The zero-order valence-corrected chi connectivity index (χ0v) is 8.98. The summed E-state index contributed by atoms with van der Waals surface area (Å²) in [5, 5.41) is 2.59. The Hall–Kier alpha value is -2.61. The molecule has 1 N–H and O–H groups in total. The number of ether oxygens (including phenoxy) is 1. The van der Waals surface area contributed by atoms with E-state index in [0.29, 0.717) is 11.3 Å². The number of hydrogen-bond acceptors (Lipinski definition) is 3. The largest absolute Gasteiger partial charge is 0.474 e. The summed E-state index contributed by atoms with van der Waals surface area (Å²) in [6, 6.07) is 6.88. The van der Waals surface area contributed by atoms with Gasteiger partial charge in [-0.1, -0.05) is 18.2 Å². The number of esters is 1. The van der Waals surface area contributed by atoms with Gasteiger partial charge in [0.05, 0.1) is 19.3 Å². The fraction of sp³-hybridized carbons (Fsp3) is 0.0833. The lowest BCUT2D eigenvalue weighted by atomic mass is 10.1. The van der Waals surface area contributed by atoms with Gasteiger partial charge in [-0.2, -0.15) is 0 Å². The molecule has 17 heavy (non-hydrogen) atoms. The van der Waals surface area contributed by atoms with Gasteiger partial charge >= 0.3 is 5.97 Å². The van der Waals surface area contributed by atoms with Gasteiger partial charge in [-0.3, -0.25) is 9.59 Å². The Balaban J connectivity index is 2.67. The molecule has 5 heteroatoms. The molecule has 0 fully saturated rings. The molecule has 0 aromatic heterocycles. The number of carbonyl (C=O) groups is 2. The topological polar surface area (TPSA) is 59.8 Å². The number of benzene rings is 1. The SMILES string of the molecule is [C-]#[N+]/C(C(=O)OC)=C1/C(=O)Nc2ccccc21. The molecular formula is C12H8N2O3. The summed E-state index contributed by atoms with van der Waals surface area (Å²) in [5.74, 6) is -1.26. The van der Waals surface area contributed by atoms with Crippen molar-refractivity contribution in [2.75, 3.05) is 12.4 Å². The number of methoxy groups -OCH3 is 1. The van der Waals surface area contributed by atoms with Crippen molar-refractivity contribution in [1.29, 1.82) is 0 Å². The summed E-state index contributed by atoms with van der Waals surface area (Å²) in [4.78, 5) is 26.2. The fourth-order valence-electron chi connectivity index (χ4n) is 1.65. The molecule has 0 saturated carbocycles. The lowest BCUT2D eigenvalue weighted by Crippen LogP contribution is -2.10. The first kappa shape index (κ1) is 10.9. The molecule has 1 aliphatic rings. The number of nitrogens with one attached hydrogen (secondary N) is 1. The van der Waals surface area contributed by atoms with Gasteiger partial charge in [0.1, 0.15) is 0 Å². The standard InChI is InChI=1S/C12H8N2O3/c1-13-10(12(16)17-2)9-7-5-3-4-6-8(7)14-11(9)15/h3-6H,2H3,(H,14,15)/b10-9+. The minimum Gasteiger partial charge on any atom is -0.474 e. The first-order valence-electron chi connectivity index (χ1n) is 4.80. The predicted octanol–water partition coefficient (Wildman–Crippen LogP) is 1.44. The predicted molar refractivity (Wildman–Crippen MR) is 60.6 cm³/mol. The Bertz CT molecular complexity index is 582. The van der Waals surface area contributed by atoms with Gasteiger partial charge in [0.25, 0.3) is 5.70 Å². The molecule has 1 aromatic rings. The van der Waals surface area contributed by atoms with E-state index >= 15 is 0 Å². The summed E-state index contributed by atoms with van der Waals surface area (Å²) in [6.07, 6.45) is 0. The highest BCUT2D eigenvalue weighted by Gasteiger charge is 2.30. The normalized spacial score (nSPS) is 15.6. The molecule has 0 unspecified atom stereocenters. The van der Waals surface area contributed by atoms with Gasteiger partial charge in [0.2, 0.25) is 5.91 Å². The number of hydrogen-bond donors (Lipinski definition) is 1. The second-order valence-electron chi connectivity index (χ2n) is 3.33. The number of nitrogens with zero attached hydrogens (tertiary/aromatic N) is 1. The maximum Gasteiger partial charge on any atom is 0.336 e. The Kier molecular flexibility index (Phi) is 2.63. The van der Waals surface area contributed by atoms with Gasteiger partial charge in [0.15, 0.2) is 0 Å². The van der Waals surface area contributed by atoms with Crippen molar-refractivity contribution in [3.63, 3.8) is 0 Å². The van der Waals surface area contributed by atoms with Crippen LogP contribution in [-0.4, -0.2) is 19.0 Å². The van der Waals surface area contributed by atoms with Crippen LogP contribution in [0.3, 0.4) is 0 Å². The lowest BCUT2D eigenvalue weighted by molar-refractivity contribution is -0.135. The second kappa shape index (κ2) is 4.10. The van der Waals surface area contributed by atoms with Crippen LogP contribution in [0.4, 0.5) is 5.69 Å². The highest BCUT2D eigenvalue weighted by Crippen LogP contribution is 2.34.